The van der Waals surface area contributed by atoms with Crippen LogP contribution in [0.25, 0.3) is 10.9 Å². The molecule has 0 aliphatic heterocycles. The number of nitrogens with one attached hydrogen (secondary N) is 1. The number of anilines is 2. The monoisotopic (exact) mass is 319 g/mol. The van der Waals surface area contributed by atoms with Crippen LogP contribution in [-0.4, -0.2) is 21.0 Å². The maximum Gasteiger partial charge on any atom is 0.355 e. The Morgan fingerprint density at radius 3 is 2.90 bits per heavy atom. The van der Waals surface area contributed by atoms with Crippen LogP contribution < -0.4 is 5.32 Å². The summed E-state index contributed by atoms with van der Waals surface area (Å²) >= 11 is 7.43. The highest BCUT2D eigenvalue weighted by Crippen LogP contribution is 2.32. The van der Waals surface area contributed by atoms with Crippen molar-refractivity contribution in [3.05, 3.63) is 46.1 Å². The number of thiazole rings is 1. The number of rotatable bonds is 3. The molecule has 7 heteroatoms. The first kappa shape index (κ1) is 13.8. The fraction of sp³-hybridized carbons (Fsp3) is 0.0714. The van der Waals surface area contributed by atoms with Crippen molar-refractivity contribution < 1.29 is 9.90 Å². The van der Waals surface area contributed by atoms with Crippen molar-refractivity contribution in [1.82, 2.24) is 9.97 Å². The Labute approximate surface area is 129 Å². The van der Waals surface area contributed by atoms with Crippen LogP contribution in [0, 0.1) is 6.92 Å². The third-order valence-electron chi connectivity index (χ3n) is 2.96. The number of halogens is 1. The van der Waals surface area contributed by atoms with Gasteiger partial charge < -0.3 is 10.4 Å². The molecule has 0 fully saturated rings. The van der Waals surface area contributed by atoms with Gasteiger partial charge in [-0.1, -0.05) is 11.6 Å². The van der Waals surface area contributed by atoms with Crippen LogP contribution in [0.3, 0.4) is 0 Å². The molecule has 0 amide bonds. The average molecular weight is 320 g/mol. The third-order valence-corrected chi connectivity index (χ3v) is 4.17. The summed E-state index contributed by atoms with van der Waals surface area (Å²) in [7, 11) is 0. The SMILES string of the molecule is Cc1sc(Nc2ccc(Cl)c3cccnc23)nc1C(=O)O. The zero-order chi connectivity index (χ0) is 15.0. The number of aromatic nitrogens is 2. The molecule has 0 saturated heterocycles. The molecule has 3 aromatic rings. The fourth-order valence-electron chi connectivity index (χ4n) is 2.00. The van der Waals surface area contributed by atoms with Crippen molar-refractivity contribution >= 4 is 50.6 Å². The normalized spacial score (nSPS) is 10.8. The van der Waals surface area contributed by atoms with Crippen molar-refractivity contribution in [1.29, 1.82) is 0 Å². The predicted octanol–water partition coefficient (Wildman–Crippen LogP) is 4.09. The van der Waals surface area contributed by atoms with Gasteiger partial charge in [-0.2, -0.15) is 0 Å². The Bertz CT molecular complexity index is 847. The predicted molar refractivity (Wildman–Crippen MR) is 83.8 cm³/mol. The van der Waals surface area contributed by atoms with Gasteiger partial charge in [0.25, 0.3) is 0 Å². The number of aromatic carboxylic acids is 1. The van der Waals surface area contributed by atoms with Gasteiger partial charge in [-0.25, -0.2) is 9.78 Å². The van der Waals surface area contributed by atoms with Gasteiger partial charge in [-0.05, 0) is 31.2 Å². The molecule has 5 nitrogen and oxygen atoms in total. The number of carboxylic acids is 1. The van der Waals surface area contributed by atoms with Crippen molar-refractivity contribution in [2.24, 2.45) is 0 Å². The number of hydrogen-bond donors (Lipinski definition) is 2. The minimum atomic E-state index is -1.03. The summed E-state index contributed by atoms with van der Waals surface area (Å²) in [5, 5.41) is 14.1. The van der Waals surface area contributed by atoms with E-state index in [1.807, 2.05) is 12.1 Å². The minimum absolute atomic E-state index is 0.0636. The topological polar surface area (TPSA) is 75.1 Å². The van der Waals surface area contributed by atoms with E-state index in [2.05, 4.69) is 15.3 Å². The van der Waals surface area contributed by atoms with E-state index in [4.69, 9.17) is 16.7 Å². The van der Waals surface area contributed by atoms with E-state index in [0.29, 0.717) is 15.0 Å². The van der Waals surface area contributed by atoms with E-state index in [0.717, 1.165) is 16.6 Å². The summed E-state index contributed by atoms with van der Waals surface area (Å²) in [5.74, 6) is -1.03. The lowest BCUT2D eigenvalue weighted by molar-refractivity contribution is 0.0690. The maximum absolute atomic E-state index is 11.0. The van der Waals surface area contributed by atoms with Crippen molar-refractivity contribution in [3.63, 3.8) is 0 Å². The van der Waals surface area contributed by atoms with E-state index in [-0.39, 0.29) is 5.69 Å². The van der Waals surface area contributed by atoms with Gasteiger partial charge in [0, 0.05) is 16.5 Å². The summed E-state index contributed by atoms with van der Waals surface area (Å²) in [4.78, 5) is 20.1. The molecule has 0 unspecified atom stereocenters. The van der Waals surface area contributed by atoms with Crippen LogP contribution in [0.15, 0.2) is 30.5 Å². The van der Waals surface area contributed by atoms with Crippen LogP contribution in [0.1, 0.15) is 15.4 Å². The van der Waals surface area contributed by atoms with Gasteiger partial charge >= 0.3 is 5.97 Å². The van der Waals surface area contributed by atoms with Crippen molar-refractivity contribution in [3.8, 4) is 0 Å². The first-order chi connectivity index (χ1) is 10.1. The number of benzene rings is 1. The van der Waals surface area contributed by atoms with Crippen LogP contribution in [0.2, 0.25) is 5.02 Å². The van der Waals surface area contributed by atoms with Gasteiger partial charge in [-0.15, -0.1) is 11.3 Å². The summed E-state index contributed by atoms with van der Waals surface area (Å²) in [5.41, 5.74) is 1.52. The Hall–Kier alpha value is -2.18. The highest BCUT2D eigenvalue weighted by Gasteiger charge is 2.15. The number of fused-ring (bicyclic) bond motifs is 1. The minimum Gasteiger partial charge on any atom is -0.476 e. The van der Waals surface area contributed by atoms with E-state index < -0.39 is 5.97 Å². The molecule has 0 aliphatic carbocycles. The molecule has 1 aromatic carbocycles. The Morgan fingerprint density at radius 1 is 1.38 bits per heavy atom. The van der Waals surface area contributed by atoms with Crippen LogP contribution in [0.4, 0.5) is 10.8 Å². The second kappa shape index (κ2) is 5.31. The van der Waals surface area contributed by atoms with Crippen LogP contribution in [-0.2, 0) is 0 Å². The summed E-state index contributed by atoms with van der Waals surface area (Å²) in [6.07, 6.45) is 1.68. The number of aryl methyl sites for hydroxylation is 1. The highest BCUT2D eigenvalue weighted by atomic mass is 35.5. The summed E-state index contributed by atoms with van der Waals surface area (Å²) < 4.78 is 0. The van der Waals surface area contributed by atoms with Gasteiger partial charge in [0.2, 0.25) is 0 Å². The lowest BCUT2D eigenvalue weighted by Crippen LogP contribution is -1.99. The first-order valence-electron chi connectivity index (χ1n) is 6.07. The Kier molecular flexibility index (Phi) is 3.48. The quantitative estimate of drug-likeness (QED) is 0.760. The lowest BCUT2D eigenvalue weighted by atomic mass is 10.2. The first-order valence-corrected chi connectivity index (χ1v) is 7.26. The van der Waals surface area contributed by atoms with Gasteiger partial charge in [0.1, 0.15) is 0 Å². The molecule has 2 aromatic heterocycles. The zero-order valence-corrected chi connectivity index (χ0v) is 12.5. The number of carbonyl (C=O) groups is 1. The van der Waals surface area contributed by atoms with Crippen LogP contribution >= 0.6 is 22.9 Å². The number of carboxylic acid groups (broad SMARTS) is 1. The second-order valence-corrected chi connectivity index (χ2v) is 5.96. The highest BCUT2D eigenvalue weighted by molar-refractivity contribution is 7.15. The molecule has 21 heavy (non-hydrogen) atoms. The average Bonchev–Trinajstić information content (AvgIpc) is 2.83. The van der Waals surface area contributed by atoms with E-state index in [1.165, 1.54) is 11.3 Å². The third kappa shape index (κ3) is 2.55. The van der Waals surface area contributed by atoms with Gasteiger partial charge in [0.05, 0.1) is 16.2 Å². The number of hydrogen-bond acceptors (Lipinski definition) is 5. The summed E-state index contributed by atoms with van der Waals surface area (Å²) in [6.45, 7) is 1.73. The van der Waals surface area contributed by atoms with Gasteiger partial charge in [0.15, 0.2) is 10.8 Å². The van der Waals surface area contributed by atoms with E-state index >= 15 is 0 Å². The standard InChI is InChI=1S/C14H10ClN3O2S/c1-7-11(13(19)20)18-14(21-7)17-10-5-4-9(15)8-3-2-6-16-12(8)10/h2-6H,1H3,(H,17,18)(H,19,20). The van der Waals surface area contributed by atoms with Crippen molar-refractivity contribution in [2.45, 2.75) is 6.92 Å². The summed E-state index contributed by atoms with van der Waals surface area (Å²) in [6, 6.07) is 7.26. The Morgan fingerprint density at radius 2 is 2.19 bits per heavy atom. The molecule has 0 spiro atoms. The van der Waals surface area contributed by atoms with E-state index in [9.17, 15) is 4.79 Å². The molecule has 0 bridgehead atoms. The molecule has 3 rings (SSSR count). The molecule has 0 atom stereocenters. The molecular weight excluding hydrogens is 310 g/mol. The van der Waals surface area contributed by atoms with Crippen molar-refractivity contribution in [2.75, 3.05) is 5.32 Å². The van der Waals surface area contributed by atoms with E-state index in [1.54, 1.807) is 25.3 Å². The molecule has 0 aliphatic rings. The number of nitrogens with zero attached hydrogens (tertiary/aromatic N) is 2. The molecule has 0 radical (unpaired) electrons. The van der Waals surface area contributed by atoms with Gasteiger partial charge in [-0.3, -0.25) is 4.98 Å². The smallest absolute Gasteiger partial charge is 0.355 e. The molecule has 0 saturated carbocycles. The maximum atomic E-state index is 11.0. The molecule has 2 N–H and O–H groups in total. The fourth-order valence-corrected chi connectivity index (χ4v) is 3.04. The number of pyridine rings is 1. The van der Waals surface area contributed by atoms with Crippen LogP contribution in [0.5, 0.6) is 0 Å². The molecular formula is C14H10ClN3O2S. The molecule has 106 valence electrons. The zero-order valence-electron chi connectivity index (χ0n) is 10.9. The second-order valence-electron chi connectivity index (χ2n) is 4.35. The largest absolute Gasteiger partial charge is 0.476 e. The molecule has 2 heterocycles. The lowest BCUT2D eigenvalue weighted by Gasteiger charge is -2.07. The Balaban J connectivity index is 2.04.